The molecule has 0 amide bonds. The number of nitrogens with zero attached hydrogens (tertiary/aromatic N) is 1. The van der Waals surface area contributed by atoms with Crippen LogP contribution in [0.1, 0.15) is 30.9 Å². The predicted octanol–water partition coefficient (Wildman–Crippen LogP) is 2.72. The molecule has 1 aromatic carbocycles. The predicted molar refractivity (Wildman–Crippen MR) is 60.1 cm³/mol. The second-order valence-electron chi connectivity index (χ2n) is 4.54. The van der Waals surface area contributed by atoms with Gasteiger partial charge >= 0.3 is 0 Å². The van der Waals surface area contributed by atoms with Gasteiger partial charge in [0.15, 0.2) is 0 Å². The van der Waals surface area contributed by atoms with Crippen molar-refractivity contribution in [1.82, 2.24) is 5.32 Å². The van der Waals surface area contributed by atoms with Crippen LogP contribution in [0.15, 0.2) is 12.1 Å². The maximum atomic E-state index is 13.5. The molecule has 1 unspecified atom stereocenters. The van der Waals surface area contributed by atoms with E-state index in [-0.39, 0.29) is 23.7 Å². The van der Waals surface area contributed by atoms with Gasteiger partial charge in [-0.2, -0.15) is 5.26 Å². The van der Waals surface area contributed by atoms with E-state index in [0.29, 0.717) is 5.92 Å². The van der Waals surface area contributed by atoms with Crippen LogP contribution in [0.4, 0.5) is 8.78 Å². The smallest absolute Gasteiger partial charge is 0.131 e. The first kappa shape index (κ1) is 12.0. The fourth-order valence-electron chi connectivity index (χ4n) is 1.86. The summed E-state index contributed by atoms with van der Waals surface area (Å²) in [6.07, 6.45) is 2.37. The van der Waals surface area contributed by atoms with Crippen molar-refractivity contribution in [1.29, 1.82) is 5.26 Å². The minimum atomic E-state index is -0.656. The normalized spacial score (nSPS) is 16.6. The van der Waals surface area contributed by atoms with E-state index in [1.54, 1.807) is 6.07 Å². The maximum Gasteiger partial charge on any atom is 0.131 e. The molecule has 0 radical (unpaired) electrons. The number of nitriles is 1. The van der Waals surface area contributed by atoms with Gasteiger partial charge in [0.2, 0.25) is 0 Å². The monoisotopic (exact) mass is 236 g/mol. The molecule has 0 saturated heterocycles. The Morgan fingerprint density at radius 1 is 1.41 bits per heavy atom. The molecule has 1 aliphatic rings. The quantitative estimate of drug-likeness (QED) is 0.872. The molecule has 2 nitrogen and oxygen atoms in total. The molecule has 0 bridgehead atoms. The zero-order chi connectivity index (χ0) is 12.4. The highest BCUT2D eigenvalue weighted by atomic mass is 19.1. The van der Waals surface area contributed by atoms with Crippen LogP contribution in [0.3, 0.4) is 0 Å². The Morgan fingerprint density at radius 3 is 2.47 bits per heavy atom. The van der Waals surface area contributed by atoms with Crippen molar-refractivity contribution < 1.29 is 8.78 Å². The Balaban J connectivity index is 2.07. The van der Waals surface area contributed by atoms with Crippen molar-refractivity contribution >= 4 is 0 Å². The highest BCUT2D eigenvalue weighted by molar-refractivity contribution is 5.34. The summed E-state index contributed by atoms with van der Waals surface area (Å²) in [6, 6.07) is 4.15. The van der Waals surface area contributed by atoms with E-state index in [9.17, 15) is 8.78 Å². The summed E-state index contributed by atoms with van der Waals surface area (Å²) in [5.74, 6) is -0.673. The summed E-state index contributed by atoms with van der Waals surface area (Å²) in [6.45, 7) is 2.19. The second-order valence-corrected chi connectivity index (χ2v) is 4.54. The van der Waals surface area contributed by atoms with Crippen LogP contribution in [0.5, 0.6) is 0 Å². The number of hydrogen-bond donors (Lipinski definition) is 1. The summed E-state index contributed by atoms with van der Waals surface area (Å²) in [5, 5.41) is 11.7. The Bertz CT molecular complexity index is 438. The number of hydrogen-bond acceptors (Lipinski definition) is 2. The average molecular weight is 236 g/mol. The summed E-state index contributed by atoms with van der Waals surface area (Å²) in [5.41, 5.74) is 0.0236. The van der Waals surface area contributed by atoms with E-state index in [1.807, 2.05) is 6.92 Å². The van der Waals surface area contributed by atoms with Gasteiger partial charge < -0.3 is 5.32 Å². The number of halogens is 2. The molecule has 0 aromatic heterocycles. The molecule has 1 N–H and O–H groups in total. The van der Waals surface area contributed by atoms with Gasteiger partial charge in [-0.15, -0.1) is 0 Å². The standard InChI is InChI=1S/C13H14F2N2/c1-8(10-2-3-10)17-7-11-12(14)4-9(6-16)5-13(11)15/h4-5,8,10,17H,2-3,7H2,1H3. The topological polar surface area (TPSA) is 35.8 Å². The van der Waals surface area contributed by atoms with Gasteiger partial charge in [-0.05, 0) is 37.8 Å². The molecule has 4 heteroatoms. The lowest BCUT2D eigenvalue weighted by molar-refractivity contribution is 0.469. The van der Waals surface area contributed by atoms with Gasteiger partial charge in [-0.1, -0.05) is 0 Å². The van der Waals surface area contributed by atoms with Crippen molar-refractivity contribution in [2.75, 3.05) is 0 Å². The molecule has 2 rings (SSSR count). The molecule has 0 heterocycles. The van der Waals surface area contributed by atoms with Crippen LogP contribution in [-0.4, -0.2) is 6.04 Å². The number of nitrogens with one attached hydrogen (secondary N) is 1. The Morgan fingerprint density at radius 2 is 2.00 bits per heavy atom. The zero-order valence-corrected chi connectivity index (χ0v) is 9.63. The van der Waals surface area contributed by atoms with Gasteiger partial charge in [0, 0.05) is 18.2 Å². The Kier molecular flexibility index (Phi) is 3.39. The van der Waals surface area contributed by atoms with E-state index >= 15 is 0 Å². The van der Waals surface area contributed by atoms with Crippen molar-refractivity contribution in [2.45, 2.75) is 32.4 Å². The molecular formula is C13H14F2N2. The molecular weight excluding hydrogens is 222 g/mol. The first-order chi connectivity index (χ1) is 8.11. The third kappa shape index (κ3) is 2.80. The van der Waals surface area contributed by atoms with Crippen LogP contribution in [0, 0.1) is 28.9 Å². The molecule has 90 valence electrons. The summed E-state index contributed by atoms with van der Waals surface area (Å²) in [4.78, 5) is 0. The van der Waals surface area contributed by atoms with E-state index < -0.39 is 11.6 Å². The minimum absolute atomic E-state index is 0.0106. The lowest BCUT2D eigenvalue weighted by Gasteiger charge is -2.13. The summed E-state index contributed by atoms with van der Waals surface area (Å²) in [7, 11) is 0. The first-order valence-corrected chi connectivity index (χ1v) is 5.73. The zero-order valence-electron chi connectivity index (χ0n) is 9.63. The highest BCUT2D eigenvalue weighted by Crippen LogP contribution is 2.32. The van der Waals surface area contributed by atoms with Crippen molar-refractivity contribution in [3.05, 3.63) is 34.9 Å². The lowest BCUT2D eigenvalue weighted by atomic mass is 10.1. The summed E-state index contributed by atoms with van der Waals surface area (Å²) >= 11 is 0. The molecule has 1 fully saturated rings. The molecule has 1 atom stereocenters. The largest absolute Gasteiger partial charge is 0.310 e. The molecule has 0 spiro atoms. The van der Waals surface area contributed by atoms with Crippen LogP contribution >= 0.6 is 0 Å². The van der Waals surface area contributed by atoms with Crippen LogP contribution in [0.2, 0.25) is 0 Å². The van der Waals surface area contributed by atoms with Crippen LogP contribution < -0.4 is 5.32 Å². The van der Waals surface area contributed by atoms with Gasteiger partial charge in [0.25, 0.3) is 0 Å². The molecule has 17 heavy (non-hydrogen) atoms. The second kappa shape index (κ2) is 4.80. The third-order valence-corrected chi connectivity index (χ3v) is 3.20. The summed E-state index contributed by atoms with van der Waals surface area (Å²) < 4.78 is 27.1. The fourth-order valence-corrected chi connectivity index (χ4v) is 1.86. The molecule has 1 aromatic rings. The third-order valence-electron chi connectivity index (χ3n) is 3.20. The molecule has 0 aliphatic heterocycles. The van der Waals surface area contributed by atoms with Crippen LogP contribution in [-0.2, 0) is 6.54 Å². The molecule has 1 aliphatic carbocycles. The van der Waals surface area contributed by atoms with Gasteiger partial charge in [-0.25, -0.2) is 8.78 Å². The lowest BCUT2D eigenvalue weighted by Crippen LogP contribution is -2.28. The highest BCUT2D eigenvalue weighted by Gasteiger charge is 2.27. The van der Waals surface area contributed by atoms with E-state index in [2.05, 4.69) is 5.32 Å². The van der Waals surface area contributed by atoms with Crippen molar-refractivity contribution in [2.24, 2.45) is 5.92 Å². The fraction of sp³-hybridized carbons (Fsp3) is 0.462. The number of rotatable bonds is 4. The van der Waals surface area contributed by atoms with E-state index in [1.165, 1.54) is 12.8 Å². The SMILES string of the molecule is CC(NCc1c(F)cc(C#N)cc1F)C1CC1. The number of benzene rings is 1. The van der Waals surface area contributed by atoms with Crippen molar-refractivity contribution in [3.8, 4) is 6.07 Å². The maximum absolute atomic E-state index is 13.5. The Labute approximate surface area is 99.3 Å². The van der Waals surface area contributed by atoms with Gasteiger partial charge in [-0.3, -0.25) is 0 Å². The first-order valence-electron chi connectivity index (χ1n) is 5.73. The van der Waals surface area contributed by atoms with Crippen LogP contribution in [0.25, 0.3) is 0 Å². The Hall–Kier alpha value is -1.47. The van der Waals surface area contributed by atoms with Crippen molar-refractivity contribution in [3.63, 3.8) is 0 Å². The van der Waals surface area contributed by atoms with Gasteiger partial charge in [0.1, 0.15) is 11.6 Å². The van der Waals surface area contributed by atoms with E-state index in [4.69, 9.17) is 5.26 Å². The average Bonchev–Trinajstić information content (AvgIpc) is 3.11. The van der Waals surface area contributed by atoms with E-state index in [0.717, 1.165) is 12.1 Å². The minimum Gasteiger partial charge on any atom is -0.310 e. The van der Waals surface area contributed by atoms with Gasteiger partial charge in [0.05, 0.1) is 11.6 Å². The molecule has 1 saturated carbocycles.